The molecule has 1 unspecified atom stereocenters. The molecule has 0 N–H and O–H groups in total. The molecular formula is C9H19W-. The van der Waals surface area contributed by atoms with Gasteiger partial charge in [-0.15, -0.1) is 0 Å². The fourth-order valence-corrected chi connectivity index (χ4v) is 0.763. The number of hydrogen-bond acceptors (Lipinski definition) is 0. The molecule has 0 radical (unpaired) electrons. The Labute approximate surface area is 80.0 Å². The molecule has 0 aliphatic rings. The van der Waals surface area contributed by atoms with E-state index in [0.717, 1.165) is 11.8 Å². The van der Waals surface area contributed by atoms with Crippen LogP contribution >= 0.6 is 0 Å². The van der Waals surface area contributed by atoms with Crippen LogP contribution in [0.2, 0.25) is 0 Å². The molecule has 0 nitrogen and oxygen atoms in total. The minimum absolute atomic E-state index is 0. The Hall–Kier alpha value is 0.688. The van der Waals surface area contributed by atoms with Crippen molar-refractivity contribution < 1.29 is 21.1 Å². The smallest absolute Gasteiger partial charge is 0 e. The van der Waals surface area contributed by atoms with Gasteiger partial charge in [0.05, 0.1) is 0 Å². The molecule has 0 aromatic carbocycles. The van der Waals surface area contributed by atoms with E-state index >= 15 is 0 Å². The van der Waals surface area contributed by atoms with Crippen molar-refractivity contribution in [2.24, 2.45) is 11.8 Å². The predicted octanol–water partition coefficient (Wildman–Crippen LogP) is 3.28. The predicted molar refractivity (Wildman–Crippen MR) is 43.2 cm³/mol. The van der Waals surface area contributed by atoms with E-state index in [4.69, 9.17) is 0 Å². The van der Waals surface area contributed by atoms with Crippen LogP contribution in [0.5, 0.6) is 0 Å². The molecule has 0 aliphatic heterocycles. The Bertz CT molecular complexity index is 59.7. The standard InChI is InChI=1S/C9H19.W/c1-5-9(4)7-6-8(2)3;/h5,8-9H,6-7H2,1-4H3;/q-1;. The van der Waals surface area contributed by atoms with Crippen molar-refractivity contribution >= 4 is 0 Å². The summed E-state index contributed by atoms with van der Waals surface area (Å²) in [6.07, 6.45) is 5.00. The fourth-order valence-electron chi connectivity index (χ4n) is 0.763. The van der Waals surface area contributed by atoms with Gasteiger partial charge < -0.3 is 6.42 Å². The SMILES string of the molecule is C[CH-]C(C)CCC(C)C.[W]. The van der Waals surface area contributed by atoms with E-state index in [9.17, 15) is 0 Å². The Morgan fingerprint density at radius 3 is 1.90 bits per heavy atom. The summed E-state index contributed by atoms with van der Waals surface area (Å²) >= 11 is 0. The molecule has 0 spiro atoms. The molecule has 0 aromatic heterocycles. The van der Waals surface area contributed by atoms with Crippen LogP contribution in [0.4, 0.5) is 0 Å². The summed E-state index contributed by atoms with van der Waals surface area (Å²) in [7, 11) is 0. The zero-order chi connectivity index (χ0) is 7.28. The van der Waals surface area contributed by atoms with Crippen molar-refractivity contribution in [2.75, 3.05) is 0 Å². The van der Waals surface area contributed by atoms with Gasteiger partial charge >= 0.3 is 0 Å². The van der Waals surface area contributed by atoms with E-state index in [0.29, 0.717) is 0 Å². The summed E-state index contributed by atoms with van der Waals surface area (Å²) in [6.45, 7) is 8.98. The van der Waals surface area contributed by atoms with Crippen LogP contribution < -0.4 is 0 Å². The average Bonchev–Trinajstić information content (AvgIpc) is 1.83. The Morgan fingerprint density at radius 2 is 1.60 bits per heavy atom. The molecular weight excluding hydrogens is 292 g/mol. The van der Waals surface area contributed by atoms with Crippen LogP contribution in [-0.2, 0) is 21.1 Å². The molecule has 0 amide bonds. The van der Waals surface area contributed by atoms with Crippen LogP contribution in [0.3, 0.4) is 0 Å². The Balaban J connectivity index is 0. The zero-order valence-electron chi connectivity index (χ0n) is 7.55. The van der Waals surface area contributed by atoms with E-state index in [-0.39, 0.29) is 21.1 Å². The molecule has 0 aromatic rings. The summed E-state index contributed by atoms with van der Waals surface area (Å²) in [4.78, 5) is 0. The molecule has 10 heavy (non-hydrogen) atoms. The summed E-state index contributed by atoms with van der Waals surface area (Å²) in [5, 5.41) is 0. The molecule has 0 saturated carbocycles. The molecule has 1 heteroatoms. The van der Waals surface area contributed by atoms with E-state index in [1.807, 2.05) is 0 Å². The molecule has 0 saturated heterocycles. The maximum atomic E-state index is 2.28. The third kappa shape index (κ3) is 8.69. The van der Waals surface area contributed by atoms with Gasteiger partial charge in [-0.05, 0) is 5.92 Å². The summed E-state index contributed by atoms with van der Waals surface area (Å²) in [6, 6.07) is 0. The van der Waals surface area contributed by atoms with Crippen LogP contribution in [0, 0.1) is 18.3 Å². The number of hydrogen-bond donors (Lipinski definition) is 0. The monoisotopic (exact) mass is 311 g/mol. The topological polar surface area (TPSA) is 0 Å². The first kappa shape index (κ1) is 13.3. The van der Waals surface area contributed by atoms with Crippen LogP contribution in [0.15, 0.2) is 0 Å². The minimum Gasteiger partial charge on any atom is -0.329 e. The molecule has 62 valence electrons. The van der Waals surface area contributed by atoms with Crippen molar-refractivity contribution in [3.05, 3.63) is 6.42 Å². The first-order valence-corrected chi connectivity index (χ1v) is 3.96. The van der Waals surface area contributed by atoms with Crippen molar-refractivity contribution in [2.45, 2.75) is 40.5 Å². The molecule has 0 fully saturated rings. The molecule has 0 rings (SSSR count). The normalized spacial score (nSPS) is 12.9. The third-order valence-electron chi connectivity index (χ3n) is 1.77. The van der Waals surface area contributed by atoms with Gasteiger partial charge in [0.2, 0.25) is 0 Å². The molecule has 0 heterocycles. The molecule has 0 aliphatic carbocycles. The van der Waals surface area contributed by atoms with Gasteiger partial charge in [-0.25, -0.2) is 0 Å². The zero-order valence-corrected chi connectivity index (χ0v) is 10.5. The second-order valence-electron chi connectivity index (χ2n) is 3.28. The largest absolute Gasteiger partial charge is 0.329 e. The summed E-state index contributed by atoms with van der Waals surface area (Å²) in [5.74, 6) is 1.68. The van der Waals surface area contributed by atoms with Crippen molar-refractivity contribution in [1.82, 2.24) is 0 Å². The molecule has 1 atom stereocenters. The minimum atomic E-state index is 0. The Morgan fingerprint density at radius 1 is 1.10 bits per heavy atom. The maximum Gasteiger partial charge on any atom is 0 e. The summed E-state index contributed by atoms with van der Waals surface area (Å²) < 4.78 is 0. The first-order chi connectivity index (χ1) is 4.16. The van der Waals surface area contributed by atoms with Crippen LogP contribution in [0.25, 0.3) is 0 Å². The summed E-state index contributed by atoms with van der Waals surface area (Å²) in [5.41, 5.74) is 0. The number of rotatable bonds is 4. The first-order valence-electron chi connectivity index (χ1n) is 3.96. The molecule has 0 bridgehead atoms. The van der Waals surface area contributed by atoms with Crippen molar-refractivity contribution in [3.63, 3.8) is 0 Å². The maximum absolute atomic E-state index is 2.28. The van der Waals surface area contributed by atoms with E-state index in [1.54, 1.807) is 0 Å². The average molecular weight is 311 g/mol. The van der Waals surface area contributed by atoms with Gasteiger partial charge in [0, 0.05) is 21.1 Å². The van der Waals surface area contributed by atoms with Crippen LogP contribution in [0.1, 0.15) is 40.5 Å². The third-order valence-corrected chi connectivity index (χ3v) is 1.77. The van der Waals surface area contributed by atoms with Gasteiger partial charge in [0.1, 0.15) is 0 Å². The van der Waals surface area contributed by atoms with Gasteiger partial charge in [0.25, 0.3) is 0 Å². The van der Waals surface area contributed by atoms with Crippen molar-refractivity contribution in [3.8, 4) is 0 Å². The Kier molecular flexibility index (Phi) is 10.4. The van der Waals surface area contributed by atoms with Crippen molar-refractivity contribution in [1.29, 1.82) is 0 Å². The van der Waals surface area contributed by atoms with Gasteiger partial charge in [-0.2, -0.15) is 12.8 Å². The van der Waals surface area contributed by atoms with E-state index in [2.05, 4.69) is 34.1 Å². The van der Waals surface area contributed by atoms with Gasteiger partial charge in [-0.3, -0.25) is 0 Å². The van der Waals surface area contributed by atoms with E-state index in [1.165, 1.54) is 12.8 Å². The van der Waals surface area contributed by atoms with Crippen LogP contribution in [-0.4, -0.2) is 0 Å². The van der Waals surface area contributed by atoms with Gasteiger partial charge in [-0.1, -0.05) is 33.6 Å². The van der Waals surface area contributed by atoms with E-state index < -0.39 is 0 Å². The second kappa shape index (κ2) is 7.79. The van der Waals surface area contributed by atoms with Gasteiger partial charge in [0.15, 0.2) is 0 Å². The quantitative estimate of drug-likeness (QED) is 0.699. The fraction of sp³-hybridized carbons (Fsp3) is 0.889. The second-order valence-corrected chi connectivity index (χ2v) is 3.28.